The third-order valence-electron chi connectivity index (χ3n) is 2.87. The number of carbonyl (C=O) groups is 1. The molecule has 2 aromatic rings. The van der Waals surface area contributed by atoms with Crippen molar-refractivity contribution in [2.45, 2.75) is 5.75 Å². The van der Waals surface area contributed by atoms with Gasteiger partial charge in [0.2, 0.25) is 0 Å². The zero-order chi connectivity index (χ0) is 15.2. The molecular weight excluding hydrogens is 306 g/mol. The average Bonchev–Trinajstić information content (AvgIpc) is 2.49. The summed E-state index contributed by atoms with van der Waals surface area (Å²) < 4.78 is 12.0. The summed E-state index contributed by atoms with van der Waals surface area (Å²) in [5.41, 5.74) is 1.85. The van der Waals surface area contributed by atoms with Gasteiger partial charge in [0.15, 0.2) is 5.78 Å². The maximum atomic E-state index is 12.0. The Balaban J connectivity index is 1.97. The summed E-state index contributed by atoms with van der Waals surface area (Å²) >= 11 is 5.78. The van der Waals surface area contributed by atoms with Crippen molar-refractivity contribution in [2.24, 2.45) is 0 Å². The number of halogens is 1. The molecule has 2 aromatic carbocycles. The summed E-state index contributed by atoms with van der Waals surface area (Å²) in [6.45, 7) is 0. The highest BCUT2D eigenvalue weighted by Crippen LogP contribution is 2.12. The van der Waals surface area contributed by atoms with Crippen LogP contribution in [0.15, 0.2) is 48.5 Å². The smallest absolute Gasteiger partial charge is 0.175 e. The molecule has 2 rings (SSSR count). The van der Waals surface area contributed by atoms with Crippen molar-refractivity contribution >= 4 is 28.2 Å². The number of benzene rings is 2. The van der Waals surface area contributed by atoms with Crippen molar-refractivity contribution in [1.82, 2.24) is 0 Å². The largest absolute Gasteiger partial charge is 0.293 e. The lowest BCUT2D eigenvalue weighted by Gasteiger charge is -2.03. The standard InChI is InChI=1S/C16H12ClNO2S/c17-15-7-3-13(4-8-15)10-21(20)11-16(19)14-5-1-12(9-18)2-6-14/h1-8H,10-11H2. The molecule has 0 saturated carbocycles. The molecule has 0 bridgehead atoms. The molecule has 5 heteroatoms. The van der Waals surface area contributed by atoms with E-state index in [1.807, 2.05) is 6.07 Å². The van der Waals surface area contributed by atoms with Crippen LogP contribution in [0.4, 0.5) is 0 Å². The molecule has 1 atom stereocenters. The summed E-state index contributed by atoms with van der Waals surface area (Å²) in [5, 5.41) is 9.33. The van der Waals surface area contributed by atoms with Gasteiger partial charge in [-0.05, 0) is 29.8 Å². The van der Waals surface area contributed by atoms with Crippen molar-refractivity contribution in [3.63, 3.8) is 0 Å². The molecule has 106 valence electrons. The Morgan fingerprint density at radius 1 is 1.10 bits per heavy atom. The number of hydrogen-bond donors (Lipinski definition) is 0. The molecule has 1 unspecified atom stereocenters. The minimum atomic E-state index is -1.27. The van der Waals surface area contributed by atoms with Crippen LogP contribution < -0.4 is 0 Å². The van der Waals surface area contributed by atoms with Crippen LogP contribution >= 0.6 is 11.6 Å². The van der Waals surface area contributed by atoms with Crippen molar-refractivity contribution in [3.8, 4) is 6.07 Å². The highest BCUT2D eigenvalue weighted by Gasteiger charge is 2.11. The van der Waals surface area contributed by atoms with Gasteiger partial charge in [0.05, 0.1) is 17.4 Å². The maximum Gasteiger partial charge on any atom is 0.175 e. The van der Waals surface area contributed by atoms with Gasteiger partial charge < -0.3 is 0 Å². The van der Waals surface area contributed by atoms with Gasteiger partial charge in [-0.3, -0.25) is 9.00 Å². The molecule has 0 amide bonds. The van der Waals surface area contributed by atoms with Gasteiger partial charge in [0, 0.05) is 27.1 Å². The predicted molar refractivity (Wildman–Crippen MR) is 83.7 cm³/mol. The molecule has 0 aliphatic heterocycles. The third kappa shape index (κ3) is 4.52. The van der Waals surface area contributed by atoms with Gasteiger partial charge in [0.25, 0.3) is 0 Å². The number of nitrogens with zero attached hydrogens (tertiary/aromatic N) is 1. The van der Waals surface area contributed by atoms with E-state index in [1.165, 1.54) is 0 Å². The Kier molecular flexibility index (Phi) is 5.26. The molecule has 21 heavy (non-hydrogen) atoms. The topological polar surface area (TPSA) is 57.9 Å². The summed E-state index contributed by atoms with van der Waals surface area (Å²) in [6, 6.07) is 15.4. The van der Waals surface area contributed by atoms with Crippen LogP contribution in [0.5, 0.6) is 0 Å². The monoisotopic (exact) mass is 317 g/mol. The normalized spacial score (nSPS) is 11.6. The Morgan fingerprint density at radius 2 is 1.71 bits per heavy atom. The van der Waals surface area contributed by atoms with E-state index in [0.29, 0.717) is 21.9 Å². The van der Waals surface area contributed by atoms with E-state index >= 15 is 0 Å². The van der Waals surface area contributed by atoms with Crippen LogP contribution in [0.2, 0.25) is 5.02 Å². The molecule has 0 aromatic heterocycles. The quantitative estimate of drug-likeness (QED) is 0.795. The first kappa shape index (κ1) is 15.4. The minimum Gasteiger partial charge on any atom is -0.293 e. The first-order valence-corrected chi connectivity index (χ1v) is 8.08. The lowest BCUT2D eigenvalue weighted by Crippen LogP contribution is -2.12. The fourth-order valence-corrected chi connectivity index (χ4v) is 3.03. The van der Waals surface area contributed by atoms with E-state index in [1.54, 1.807) is 48.5 Å². The van der Waals surface area contributed by atoms with Gasteiger partial charge >= 0.3 is 0 Å². The molecule has 0 N–H and O–H groups in total. The SMILES string of the molecule is N#Cc1ccc(C(=O)CS(=O)Cc2ccc(Cl)cc2)cc1. The number of hydrogen-bond acceptors (Lipinski definition) is 3. The van der Waals surface area contributed by atoms with Crippen LogP contribution in [-0.4, -0.2) is 15.7 Å². The number of ketones is 1. The third-order valence-corrected chi connectivity index (χ3v) is 4.36. The second-order valence-corrected chi connectivity index (χ2v) is 6.36. The minimum absolute atomic E-state index is 0.0332. The molecule has 0 fully saturated rings. The second kappa shape index (κ2) is 7.16. The fraction of sp³-hybridized carbons (Fsp3) is 0.125. The van der Waals surface area contributed by atoms with Crippen LogP contribution in [-0.2, 0) is 16.6 Å². The summed E-state index contributed by atoms with van der Waals surface area (Å²) in [7, 11) is -1.27. The fourth-order valence-electron chi connectivity index (χ4n) is 1.78. The molecule has 0 radical (unpaired) electrons. The summed E-state index contributed by atoms with van der Waals surface area (Å²) in [5.74, 6) is 0.0973. The van der Waals surface area contributed by atoms with Gasteiger partial charge in [-0.25, -0.2) is 0 Å². The van der Waals surface area contributed by atoms with Crippen molar-refractivity contribution in [2.75, 3.05) is 5.75 Å². The number of rotatable bonds is 5. The van der Waals surface area contributed by atoms with Crippen molar-refractivity contribution < 1.29 is 9.00 Å². The molecule has 0 saturated heterocycles. The van der Waals surface area contributed by atoms with Gasteiger partial charge in [-0.15, -0.1) is 0 Å². The van der Waals surface area contributed by atoms with Crippen LogP contribution in [0.3, 0.4) is 0 Å². The Labute approximate surface area is 130 Å². The van der Waals surface area contributed by atoms with E-state index in [0.717, 1.165) is 5.56 Å². The van der Waals surface area contributed by atoms with E-state index in [2.05, 4.69) is 0 Å². The van der Waals surface area contributed by atoms with Gasteiger partial charge in [-0.1, -0.05) is 35.9 Å². The Hall–Kier alpha value is -1.96. The van der Waals surface area contributed by atoms with Crippen LogP contribution in [0.1, 0.15) is 21.5 Å². The number of nitriles is 1. The van der Waals surface area contributed by atoms with Crippen LogP contribution in [0, 0.1) is 11.3 Å². The Morgan fingerprint density at radius 3 is 2.29 bits per heavy atom. The van der Waals surface area contributed by atoms with E-state index < -0.39 is 10.8 Å². The molecular formula is C16H12ClNO2S. The molecule has 0 aliphatic rings. The first-order chi connectivity index (χ1) is 10.1. The summed E-state index contributed by atoms with van der Waals surface area (Å²) in [4.78, 5) is 12.0. The average molecular weight is 318 g/mol. The Bertz CT molecular complexity index is 703. The molecule has 3 nitrogen and oxygen atoms in total. The number of Topliss-reactive ketones (excluding diaryl/α,β-unsaturated/α-hetero) is 1. The molecule has 0 heterocycles. The van der Waals surface area contributed by atoms with E-state index in [4.69, 9.17) is 16.9 Å². The second-order valence-electron chi connectivity index (χ2n) is 4.47. The highest BCUT2D eigenvalue weighted by molar-refractivity contribution is 7.85. The molecule has 0 spiro atoms. The van der Waals surface area contributed by atoms with Gasteiger partial charge in [0.1, 0.15) is 0 Å². The predicted octanol–water partition coefficient (Wildman–Crippen LogP) is 3.34. The lowest BCUT2D eigenvalue weighted by atomic mass is 10.1. The van der Waals surface area contributed by atoms with E-state index in [-0.39, 0.29) is 11.5 Å². The summed E-state index contributed by atoms with van der Waals surface area (Å²) in [6.07, 6.45) is 0. The van der Waals surface area contributed by atoms with Crippen molar-refractivity contribution in [3.05, 3.63) is 70.2 Å². The van der Waals surface area contributed by atoms with Crippen molar-refractivity contribution in [1.29, 1.82) is 5.26 Å². The number of carbonyl (C=O) groups excluding carboxylic acids is 1. The molecule has 0 aliphatic carbocycles. The van der Waals surface area contributed by atoms with Gasteiger partial charge in [-0.2, -0.15) is 5.26 Å². The van der Waals surface area contributed by atoms with E-state index in [9.17, 15) is 9.00 Å². The lowest BCUT2D eigenvalue weighted by molar-refractivity contribution is 0.102. The highest BCUT2D eigenvalue weighted by atomic mass is 35.5. The zero-order valence-corrected chi connectivity index (χ0v) is 12.7. The zero-order valence-electron chi connectivity index (χ0n) is 11.1. The first-order valence-electron chi connectivity index (χ1n) is 6.21. The maximum absolute atomic E-state index is 12.0. The van der Waals surface area contributed by atoms with Crippen LogP contribution in [0.25, 0.3) is 0 Å².